The molecule has 0 unspecified atom stereocenters. The molecule has 13 heavy (non-hydrogen) atoms. The Balaban J connectivity index is 2.60. The summed E-state index contributed by atoms with van der Waals surface area (Å²) >= 11 is 0. The van der Waals surface area contributed by atoms with Gasteiger partial charge >= 0.3 is 5.97 Å². The molecule has 0 aromatic rings. The van der Waals surface area contributed by atoms with Crippen molar-refractivity contribution in [1.29, 1.82) is 0 Å². The Morgan fingerprint density at radius 1 is 1.38 bits per heavy atom. The molecule has 1 saturated carbocycles. The van der Waals surface area contributed by atoms with Crippen molar-refractivity contribution in [3.05, 3.63) is 0 Å². The average molecular weight is 185 g/mol. The molecule has 1 fully saturated rings. The Bertz CT molecular complexity index is 207. The van der Waals surface area contributed by atoms with E-state index in [2.05, 4.69) is 9.89 Å². The van der Waals surface area contributed by atoms with Gasteiger partial charge in [-0.05, 0) is 12.8 Å². The van der Waals surface area contributed by atoms with Crippen LogP contribution in [0.3, 0.4) is 0 Å². The summed E-state index contributed by atoms with van der Waals surface area (Å²) in [5.41, 5.74) is 0.183. The second kappa shape index (κ2) is 4.84. The van der Waals surface area contributed by atoms with Crippen LogP contribution in [0, 0.1) is 5.92 Å². The summed E-state index contributed by atoms with van der Waals surface area (Å²) in [7, 11) is 1.30. The van der Waals surface area contributed by atoms with Crippen LogP contribution in [0.2, 0.25) is 0 Å². The number of carbonyl (C=O) groups is 1. The summed E-state index contributed by atoms with van der Waals surface area (Å²) in [6.07, 6.45) is 5.25. The first-order valence-corrected chi connectivity index (χ1v) is 4.60. The fourth-order valence-corrected chi connectivity index (χ4v) is 1.77. The van der Waals surface area contributed by atoms with Crippen molar-refractivity contribution in [2.45, 2.75) is 32.1 Å². The number of oxime groups is 1. The highest BCUT2D eigenvalue weighted by atomic mass is 16.5. The van der Waals surface area contributed by atoms with E-state index in [9.17, 15) is 4.79 Å². The van der Waals surface area contributed by atoms with Gasteiger partial charge in [-0.2, -0.15) is 0 Å². The first-order valence-electron chi connectivity index (χ1n) is 4.60. The van der Waals surface area contributed by atoms with Crippen LogP contribution in [0.25, 0.3) is 0 Å². The van der Waals surface area contributed by atoms with E-state index in [1.165, 1.54) is 13.5 Å². The summed E-state index contributed by atoms with van der Waals surface area (Å²) in [5, 5.41) is 11.7. The molecule has 4 heteroatoms. The van der Waals surface area contributed by atoms with Crippen molar-refractivity contribution in [2.24, 2.45) is 11.1 Å². The van der Waals surface area contributed by atoms with E-state index in [0.29, 0.717) is 0 Å². The molecule has 0 heterocycles. The lowest BCUT2D eigenvalue weighted by atomic mass is 9.86. The maximum Gasteiger partial charge on any atom is 0.356 e. The smallest absolute Gasteiger partial charge is 0.356 e. The fraction of sp³-hybridized carbons (Fsp3) is 0.778. The summed E-state index contributed by atoms with van der Waals surface area (Å²) in [6, 6.07) is 0. The molecule has 1 aliphatic carbocycles. The zero-order valence-corrected chi connectivity index (χ0v) is 7.82. The van der Waals surface area contributed by atoms with E-state index in [0.717, 1.165) is 25.7 Å². The molecule has 1 aliphatic rings. The summed E-state index contributed by atoms with van der Waals surface area (Å²) < 4.78 is 4.53. The van der Waals surface area contributed by atoms with Crippen LogP contribution in [-0.4, -0.2) is 24.0 Å². The number of rotatable bonds is 2. The zero-order chi connectivity index (χ0) is 9.68. The van der Waals surface area contributed by atoms with Crippen molar-refractivity contribution < 1.29 is 14.7 Å². The summed E-state index contributed by atoms with van der Waals surface area (Å²) in [6.45, 7) is 0. The molecular formula is C9H15NO3. The second-order valence-corrected chi connectivity index (χ2v) is 3.31. The maximum atomic E-state index is 11.1. The molecule has 0 saturated heterocycles. The lowest BCUT2D eigenvalue weighted by molar-refractivity contribution is -0.133. The number of nitrogens with zero attached hydrogens (tertiary/aromatic N) is 1. The van der Waals surface area contributed by atoms with Crippen LogP contribution in [0.4, 0.5) is 0 Å². The third kappa shape index (κ3) is 2.44. The monoisotopic (exact) mass is 185 g/mol. The van der Waals surface area contributed by atoms with E-state index >= 15 is 0 Å². The highest BCUT2D eigenvalue weighted by molar-refractivity contribution is 6.37. The van der Waals surface area contributed by atoms with Crippen molar-refractivity contribution in [1.82, 2.24) is 0 Å². The molecule has 4 nitrogen and oxygen atoms in total. The molecule has 0 radical (unpaired) electrons. The van der Waals surface area contributed by atoms with Gasteiger partial charge in [0.2, 0.25) is 0 Å². The second-order valence-electron chi connectivity index (χ2n) is 3.31. The predicted molar refractivity (Wildman–Crippen MR) is 47.8 cm³/mol. The number of hydrogen-bond donors (Lipinski definition) is 1. The quantitative estimate of drug-likeness (QED) is 0.307. The lowest BCUT2D eigenvalue weighted by Crippen LogP contribution is -2.27. The molecule has 74 valence electrons. The maximum absolute atomic E-state index is 11.1. The highest BCUT2D eigenvalue weighted by Crippen LogP contribution is 2.25. The number of carbonyl (C=O) groups excluding carboxylic acids is 1. The van der Waals surface area contributed by atoms with Gasteiger partial charge in [-0.3, -0.25) is 0 Å². The van der Waals surface area contributed by atoms with Crippen molar-refractivity contribution in [3.63, 3.8) is 0 Å². The van der Waals surface area contributed by atoms with Gasteiger partial charge in [0.05, 0.1) is 7.11 Å². The minimum atomic E-state index is -0.505. The molecule has 0 aromatic carbocycles. The SMILES string of the molecule is COC(=O)C(=NO)C1CCCCC1. The van der Waals surface area contributed by atoms with Gasteiger partial charge in [0, 0.05) is 5.92 Å². The predicted octanol–water partition coefficient (Wildman–Crippen LogP) is 1.57. The Labute approximate surface area is 77.6 Å². The van der Waals surface area contributed by atoms with E-state index in [1.807, 2.05) is 0 Å². The van der Waals surface area contributed by atoms with Crippen molar-refractivity contribution >= 4 is 11.7 Å². The summed E-state index contributed by atoms with van der Waals surface area (Å²) in [5.74, 6) is -0.416. The minimum Gasteiger partial charge on any atom is -0.464 e. The van der Waals surface area contributed by atoms with Crippen LogP contribution in [-0.2, 0) is 9.53 Å². The summed E-state index contributed by atoms with van der Waals surface area (Å²) in [4.78, 5) is 11.1. The molecule has 0 aromatic heterocycles. The molecule has 1 N–H and O–H groups in total. The number of ether oxygens (including phenoxy) is 1. The van der Waals surface area contributed by atoms with Gasteiger partial charge in [-0.15, -0.1) is 0 Å². The van der Waals surface area contributed by atoms with E-state index in [-0.39, 0.29) is 11.6 Å². The highest BCUT2D eigenvalue weighted by Gasteiger charge is 2.25. The van der Waals surface area contributed by atoms with E-state index in [1.54, 1.807) is 0 Å². The Kier molecular flexibility index (Phi) is 3.73. The van der Waals surface area contributed by atoms with Gasteiger partial charge in [-0.1, -0.05) is 24.4 Å². The largest absolute Gasteiger partial charge is 0.464 e. The molecular weight excluding hydrogens is 170 g/mol. The van der Waals surface area contributed by atoms with E-state index < -0.39 is 5.97 Å². The van der Waals surface area contributed by atoms with E-state index in [4.69, 9.17) is 5.21 Å². The molecule has 0 atom stereocenters. The third-order valence-electron chi connectivity index (χ3n) is 2.49. The first kappa shape index (κ1) is 10.0. The fourth-order valence-electron chi connectivity index (χ4n) is 1.77. The van der Waals surface area contributed by atoms with Gasteiger partial charge in [-0.25, -0.2) is 4.79 Å². The molecule has 0 aliphatic heterocycles. The van der Waals surface area contributed by atoms with Gasteiger partial charge in [0.15, 0.2) is 5.71 Å². The zero-order valence-electron chi connectivity index (χ0n) is 7.82. The Morgan fingerprint density at radius 2 is 2.00 bits per heavy atom. The number of methoxy groups -OCH3 is 1. The normalized spacial score (nSPS) is 19.9. The number of hydrogen-bond acceptors (Lipinski definition) is 4. The third-order valence-corrected chi connectivity index (χ3v) is 2.49. The average Bonchev–Trinajstić information content (AvgIpc) is 2.20. The van der Waals surface area contributed by atoms with Crippen molar-refractivity contribution in [2.75, 3.05) is 7.11 Å². The van der Waals surface area contributed by atoms with Crippen molar-refractivity contribution in [3.8, 4) is 0 Å². The van der Waals surface area contributed by atoms with Crippen LogP contribution < -0.4 is 0 Å². The van der Waals surface area contributed by atoms with Crippen LogP contribution >= 0.6 is 0 Å². The van der Waals surface area contributed by atoms with Crippen LogP contribution in [0.15, 0.2) is 5.16 Å². The van der Waals surface area contributed by atoms with Gasteiger partial charge in [0.1, 0.15) is 0 Å². The molecule has 0 bridgehead atoms. The topological polar surface area (TPSA) is 58.9 Å². The first-order chi connectivity index (χ1) is 6.29. The minimum absolute atomic E-state index is 0.0891. The Morgan fingerprint density at radius 3 is 2.46 bits per heavy atom. The molecule has 0 amide bonds. The Hall–Kier alpha value is -1.06. The lowest BCUT2D eigenvalue weighted by Gasteiger charge is -2.20. The van der Waals surface area contributed by atoms with Gasteiger partial charge in [0.25, 0.3) is 0 Å². The molecule has 0 spiro atoms. The number of esters is 1. The van der Waals surface area contributed by atoms with Crippen LogP contribution in [0.5, 0.6) is 0 Å². The van der Waals surface area contributed by atoms with Crippen LogP contribution in [0.1, 0.15) is 32.1 Å². The molecule has 1 rings (SSSR count). The standard InChI is InChI=1S/C9H15NO3/c1-13-9(11)8(10-12)7-5-3-2-4-6-7/h7,12H,2-6H2,1H3. The van der Waals surface area contributed by atoms with Gasteiger partial charge < -0.3 is 9.94 Å².